The smallest absolute Gasteiger partial charge is 0.178 e. The van der Waals surface area contributed by atoms with Crippen LogP contribution >= 0.6 is 0 Å². The number of hydrogen-bond donors (Lipinski definition) is 2. The number of benzene rings is 1. The van der Waals surface area contributed by atoms with Crippen molar-refractivity contribution in [3.05, 3.63) is 47.9 Å². The van der Waals surface area contributed by atoms with Crippen molar-refractivity contribution in [1.82, 2.24) is 0 Å². The van der Waals surface area contributed by atoms with Gasteiger partial charge in [-0.2, -0.15) is 0 Å². The number of furan rings is 1. The van der Waals surface area contributed by atoms with Gasteiger partial charge in [0.1, 0.15) is 18.1 Å². The molecule has 2 N–H and O–H groups in total. The lowest BCUT2D eigenvalue weighted by atomic mass is 10.3. The molecule has 5 nitrogen and oxygen atoms in total. The van der Waals surface area contributed by atoms with E-state index >= 15 is 0 Å². The molecule has 1 aromatic carbocycles. The topological polar surface area (TPSA) is 79.5 Å². The van der Waals surface area contributed by atoms with Gasteiger partial charge in [-0.3, -0.25) is 0 Å². The second kappa shape index (κ2) is 6.11. The van der Waals surface area contributed by atoms with E-state index < -0.39 is 9.84 Å². The summed E-state index contributed by atoms with van der Waals surface area (Å²) in [5.41, 5.74) is 0.807. The Bertz CT molecular complexity index is 659. The molecule has 1 aromatic heterocycles. The minimum Gasteiger partial charge on any atom is -0.462 e. The lowest BCUT2D eigenvalue weighted by Gasteiger charge is -2.06. The standard InChI is InChI=1S/C14H17NO4S/c1-2-20(17,18)14-7-3-11(4-8-14)15-9-12-5-6-13(10-16)19-12/h3-8,15-16H,2,9-10H2,1H3. The summed E-state index contributed by atoms with van der Waals surface area (Å²) >= 11 is 0. The molecule has 108 valence electrons. The predicted molar refractivity (Wildman–Crippen MR) is 76.1 cm³/mol. The minimum absolute atomic E-state index is 0.0934. The van der Waals surface area contributed by atoms with Crippen LogP contribution in [0.3, 0.4) is 0 Å². The van der Waals surface area contributed by atoms with Crippen molar-refractivity contribution in [3.8, 4) is 0 Å². The molecule has 0 unspecified atom stereocenters. The minimum atomic E-state index is -3.16. The highest BCUT2D eigenvalue weighted by molar-refractivity contribution is 7.91. The first kappa shape index (κ1) is 14.6. The molecule has 0 atom stereocenters. The molecule has 2 rings (SSSR count). The van der Waals surface area contributed by atoms with E-state index in [1.807, 2.05) is 0 Å². The molecule has 0 amide bonds. The summed E-state index contributed by atoms with van der Waals surface area (Å²) in [5, 5.41) is 12.0. The summed E-state index contributed by atoms with van der Waals surface area (Å²) in [6.45, 7) is 1.97. The van der Waals surface area contributed by atoms with Crippen LogP contribution in [0, 0.1) is 0 Å². The Balaban J connectivity index is 2.00. The normalized spacial score (nSPS) is 11.5. The second-order valence-electron chi connectivity index (χ2n) is 4.31. The van der Waals surface area contributed by atoms with Crippen molar-refractivity contribution in [2.75, 3.05) is 11.1 Å². The second-order valence-corrected chi connectivity index (χ2v) is 6.59. The number of aliphatic hydroxyl groups excluding tert-OH is 1. The van der Waals surface area contributed by atoms with Crippen LogP contribution in [0.25, 0.3) is 0 Å². The maximum absolute atomic E-state index is 11.7. The van der Waals surface area contributed by atoms with Crippen LogP contribution in [-0.2, 0) is 23.0 Å². The maximum Gasteiger partial charge on any atom is 0.178 e. The van der Waals surface area contributed by atoms with Crippen molar-refractivity contribution >= 4 is 15.5 Å². The largest absolute Gasteiger partial charge is 0.462 e. The van der Waals surface area contributed by atoms with Crippen molar-refractivity contribution in [2.24, 2.45) is 0 Å². The lowest BCUT2D eigenvalue weighted by Crippen LogP contribution is -2.04. The summed E-state index contributed by atoms with van der Waals surface area (Å²) in [6.07, 6.45) is 0. The third kappa shape index (κ3) is 3.40. The van der Waals surface area contributed by atoms with Gasteiger partial charge >= 0.3 is 0 Å². The number of rotatable bonds is 6. The molecule has 0 spiro atoms. The summed E-state index contributed by atoms with van der Waals surface area (Å²) in [6, 6.07) is 10.1. The van der Waals surface area contributed by atoms with Gasteiger partial charge in [-0.05, 0) is 36.4 Å². The molecule has 0 radical (unpaired) electrons. The molecule has 0 aliphatic heterocycles. The van der Waals surface area contributed by atoms with Crippen LogP contribution in [0.1, 0.15) is 18.4 Å². The molecular weight excluding hydrogens is 278 g/mol. The lowest BCUT2D eigenvalue weighted by molar-refractivity contribution is 0.244. The highest BCUT2D eigenvalue weighted by atomic mass is 32.2. The molecule has 0 aliphatic rings. The van der Waals surface area contributed by atoms with Gasteiger partial charge in [0.15, 0.2) is 9.84 Å². The van der Waals surface area contributed by atoms with E-state index in [2.05, 4.69) is 5.32 Å². The van der Waals surface area contributed by atoms with Crippen molar-refractivity contribution < 1.29 is 17.9 Å². The van der Waals surface area contributed by atoms with E-state index in [9.17, 15) is 8.42 Å². The number of aliphatic hydroxyl groups is 1. The van der Waals surface area contributed by atoms with Crippen LogP contribution < -0.4 is 5.32 Å². The monoisotopic (exact) mass is 295 g/mol. The fraction of sp³-hybridized carbons (Fsp3) is 0.286. The van der Waals surface area contributed by atoms with E-state index in [-0.39, 0.29) is 12.4 Å². The zero-order valence-corrected chi connectivity index (χ0v) is 12.0. The summed E-state index contributed by atoms with van der Waals surface area (Å²) in [5.74, 6) is 1.32. The Kier molecular flexibility index (Phi) is 4.46. The van der Waals surface area contributed by atoms with E-state index in [4.69, 9.17) is 9.52 Å². The fourth-order valence-electron chi connectivity index (χ4n) is 1.74. The summed E-state index contributed by atoms with van der Waals surface area (Å²) in [7, 11) is -3.16. The zero-order chi connectivity index (χ0) is 14.6. The molecule has 0 saturated heterocycles. The van der Waals surface area contributed by atoms with Crippen LogP contribution in [0.15, 0.2) is 45.7 Å². The molecule has 0 bridgehead atoms. The average molecular weight is 295 g/mol. The van der Waals surface area contributed by atoms with Crippen molar-refractivity contribution in [3.63, 3.8) is 0 Å². The quantitative estimate of drug-likeness (QED) is 0.854. The highest BCUT2D eigenvalue weighted by Gasteiger charge is 2.10. The molecule has 1 heterocycles. The Morgan fingerprint density at radius 3 is 2.30 bits per heavy atom. The third-order valence-electron chi connectivity index (χ3n) is 2.93. The molecule has 0 saturated carbocycles. The summed E-state index contributed by atoms with van der Waals surface area (Å²) < 4.78 is 28.7. The fourth-order valence-corrected chi connectivity index (χ4v) is 2.62. The first-order valence-electron chi connectivity index (χ1n) is 6.30. The van der Waals surface area contributed by atoms with Gasteiger partial charge in [0.2, 0.25) is 0 Å². The number of hydrogen-bond acceptors (Lipinski definition) is 5. The van der Waals surface area contributed by atoms with Gasteiger partial charge in [-0.25, -0.2) is 8.42 Å². The molecule has 0 fully saturated rings. The van der Waals surface area contributed by atoms with E-state index in [0.717, 1.165) is 5.69 Å². The van der Waals surface area contributed by atoms with Crippen LogP contribution in [-0.4, -0.2) is 19.3 Å². The van der Waals surface area contributed by atoms with Crippen LogP contribution in [0.5, 0.6) is 0 Å². The van der Waals surface area contributed by atoms with Gasteiger partial charge in [0.05, 0.1) is 17.2 Å². The summed E-state index contributed by atoms with van der Waals surface area (Å²) in [4.78, 5) is 0.325. The molecule has 0 aliphatic carbocycles. The highest BCUT2D eigenvalue weighted by Crippen LogP contribution is 2.16. The molecule has 6 heteroatoms. The van der Waals surface area contributed by atoms with E-state index in [1.165, 1.54) is 0 Å². The first-order valence-corrected chi connectivity index (χ1v) is 7.95. The van der Waals surface area contributed by atoms with Crippen molar-refractivity contribution in [1.29, 1.82) is 0 Å². The Morgan fingerprint density at radius 2 is 1.75 bits per heavy atom. The number of anilines is 1. The van der Waals surface area contributed by atoms with Gasteiger partial charge in [-0.1, -0.05) is 6.92 Å². The Labute approximate surface area is 118 Å². The number of sulfone groups is 1. The first-order chi connectivity index (χ1) is 9.55. The van der Waals surface area contributed by atoms with E-state index in [1.54, 1.807) is 43.3 Å². The number of nitrogens with one attached hydrogen (secondary N) is 1. The molecule has 20 heavy (non-hydrogen) atoms. The molecular formula is C14H17NO4S. The third-order valence-corrected chi connectivity index (χ3v) is 4.68. The zero-order valence-electron chi connectivity index (χ0n) is 11.2. The Hall–Kier alpha value is -1.79. The van der Waals surface area contributed by atoms with Gasteiger partial charge in [0.25, 0.3) is 0 Å². The maximum atomic E-state index is 11.7. The molecule has 2 aromatic rings. The van der Waals surface area contributed by atoms with E-state index in [0.29, 0.717) is 23.0 Å². The predicted octanol–water partition coefficient (Wildman–Crippen LogP) is 2.18. The van der Waals surface area contributed by atoms with Crippen LogP contribution in [0.4, 0.5) is 5.69 Å². The average Bonchev–Trinajstić information content (AvgIpc) is 2.93. The van der Waals surface area contributed by atoms with Crippen LogP contribution in [0.2, 0.25) is 0 Å². The van der Waals surface area contributed by atoms with Gasteiger partial charge in [-0.15, -0.1) is 0 Å². The SMILES string of the molecule is CCS(=O)(=O)c1ccc(NCc2ccc(CO)o2)cc1. The van der Waals surface area contributed by atoms with Gasteiger partial charge < -0.3 is 14.8 Å². The van der Waals surface area contributed by atoms with Crippen molar-refractivity contribution in [2.45, 2.75) is 25.0 Å². The van der Waals surface area contributed by atoms with Gasteiger partial charge in [0, 0.05) is 5.69 Å². The Morgan fingerprint density at radius 1 is 1.10 bits per heavy atom.